The Morgan fingerprint density at radius 1 is 1.14 bits per heavy atom. The molecule has 4 nitrogen and oxygen atoms in total. The van der Waals surface area contributed by atoms with E-state index in [9.17, 15) is 0 Å². The Morgan fingerprint density at radius 2 is 1.86 bits per heavy atom. The molecule has 0 radical (unpaired) electrons. The van der Waals surface area contributed by atoms with Crippen LogP contribution in [0.5, 0.6) is 11.5 Å². The largest absolute Gasteiger partial charge is 0.493 e. The van der Waals surface area contributed by atoms with Crippen molar-refractivity contribution in [2.45, 2.75) is 32.7 Å². The summed E-state index contributed by atoms with van der Waals surface area (Å²) in [7, 11) is 5.52. The van der Waals surface area contributed by atoms with Gasteiger partial charge in [-0.2, -0.15) is 0 Å². The van der Waals surface area contributed by atoms with E-state index in [-0.39, 0.29) is 0 Å². The van der Waals surface area contributed by atoms with E-state index >= 15 is 0 Å². The van der Waals surface area contributed by atoms with Crippen molar-refractivity contribution in [1.29, 1.82) is 0 Å². The zero-order chi connectivity index (χ0) is 15.7. The van der Waals surface area contributed by atoms with Crippen LogP contribution in [0.1, 0.15) is 38.3 Å². The van der Waals surface area contributed by atoms with Crippen molar-refractivity contribution in [3.8, 4) is 11.5 Å². The van der Waals surface area contributed by atoms with E-state index in [2.05, 4.69) is 43.2 Å². The molecule has 1 aromatic rings. The molecule has 0 bridgehead atoms. The predicted molar refractivity (Wildman–Crippen MR) is 88.4 cm³/mol. The number of unbranched alkanes of at least 4 members (excludes halogenated alkanes) is 1. The molecule has 4 heteroatoms. The first-order valence-corrected chi connectivity index (χ1v) is 7.80. The van der Waals surface area contributed by atoms with Gasteiger partial charge in [0.1, 0.15) is 0 Å². The summed E-state index contributed by atoms with van der Waals surface area (Å²) in [4.78, 5) is 2.38. The van der Waals surface area contributed by atoms with Crippen LogP contribution in [0, 0.1) is 0 Å². The fourth-order valence-electron chi connectivity index (χ4n) is 2.43. The summed E-state index contributed by atoms with van der Waals surface area (Å²) in [6, 6.07) is 6.46. The lowest BCUT2D eigenvalue weighted by Gasteiger charge is -2.25. The maximum atomic E-state index is 5.41. The van der Waals surface area contributed by atoms with E-state index in [1.165, 1.54) is 18.4 Å². The molecule has 0 heterocycles. The number of hydrogen-bond acceptors (Lipinski definition) is 4. The Bertz CT molecular complexity index is 410. The Balaban J connectivity index is 2.84. The summed E-state index contributed by atoms with van der Waals surface area (Å²) in [5.41, 5.74) is 1.23. The van der Waals surface area contributed by atoms with Gasteiger partial charge in [0, 0.05) is 12.6 Å². The summed E-state index contributed by atoms with van der Waals surface area (Å²) in [6.07, 6.45) is 2.47. The first-order chi connectivity index (χ1) is 10.2. The molecule has 0 amide bonds. The first-order valence-electron chi connectivity index (χ1n) is 7.80. The van der Waals surface area contributed by atoms with Gasteiger partial charge in [0.15, 0.2) is 11.5 Å². The number of methoxy groups -OCH3 is 2. The molecule has 0 fully saturated rings. The standard InChI is InChI=1S/C17H30N2O2/c1-6-8-11-19(3)13-15(18-7-2)14-9-10-16(20-4)17(12-14)21-5/h9-10,12,15,18H,6-8,11,13H2,1-5H3. The molecule has 1 aromatic carbocycles. The molecule has 1 N–H and O–H groups in total. The first kappa shape index (κ1) is 17.8. The van der Waals surface area contributed by atoms with Crippen LogP contribution in [0.15, 0.2) is 18.2 Å². The highest BCUT2D eigenvalue weighted by molar-refractivity contribution is 5.43. The molecule has 1 rings (SSSR count). The minimum Gasteiger partial charge on any atom is -0.493 e. The van der Waals surface area contributed by atoms with Gasteiger partial charge >= 0.3 is 0 Å². The highest BCUT2D eigenvalue weighted by Gasteiger charge is 2.15. The fraction of sp³-hybridized carbons (Fsp3) is 0.647. The van der Waals surface area contributed by atoms with Crippen LogP contribution in [-0.2, 0) is 0 Å². The molecule has 1 unspecified atom stereocenters. The van der Waals surface area contributed by atoms with Crippen LogP contribution >= 0.6 is 0 Å². The second-order valence-corrected chi connectivity index (χ2v) is 5.34. The molecule has 1 atom stereocenters. The number of rotatable bonds is 10. The molecule has 0 spiro atoms. The number of hydrogen-bond donors (Lipinski definition) is 1. The molecular weight excluding hydrogens is 264 g/mol. The Labute approximate surface area is 129 Å². The number of nitrogens with zero attached hydrogens (tertiary/aromatic N) is 1. The van der Waals surface area contributed by atoms with Crippen LogP contribution in [0.3, 0.4) is 0 Å². The number of benzene rings is 1. The van der Waals surface area contributed by atoms with Gasteiger partial charge in [-0.3, -0.25) is 0 Å². The molecule has 0 aliphatic carbocycles. The van der Waals surface area contributed by atoms with Gasteiger partial charge < -0.3 is 19.7 Å². The zero-order valence-electron chi connectivity index (χ0n) is 14.1. The van der Waals surface area contributed by atoms with E-state index < -0.39 is 0 Å². The van der Waals surface area contributed by atoms with E-state index in [0.29, 0.717) is 6.04 Å². The molecule has 0 saturated carbocycles. The zero-order valence-corrected chi connectivity index (χ0v) is 14.1. The minimum absolute atomic E-state index is 0.302. The molecule has 21 heavy (non-hydrogen) atoms. The molecular formula is C17H30N2O2. The van der Waals surface area contributed by atoms with E-state index in [1.54, 1.807) is 14.2 Å². The minimum atomic E-state index is 0.302. The maximum absolute atomic E-state index is 5.41. The van der Waals surface area contributed by atoms with Crippen LogP contribution in [-0.4, -0.2) is 45.8 Å². The highest BCUT2D eigenvalue weighted by atomic mass is 16.5. The average molecular weight is 294 g/mol. The van der Waals surface area contributed by atoms with Crippen LogP contribution in [0.25, 0.3) is 0 Å². The molecule has 0 saturated heterocycles. The van der Waals surface area contributed by atoms with Gasteiger partial charge in [0.2, 0.25) is 0 Å². The SMILES string of the molecule is CCCCN(C)CC(NCC)c1ccc(OC)c(OC)c1. The number of ether oxygens (including phenoxy) is 2. The third-order valence-corrected chi connectivity index (χ3v) is 3.65. The van der Waals surface area contributed by atoms with E-state index in [1.807, 2.05) is 6.07 Å². The van der Waals surface area contributed by atoms with Crippen molar-refractivity contribution in [2.24, 2.45) is 0 Å². The molecule has 120 valence electrons. The van der Waals surface area contributed by atoms with Crippen molar-refractivity contribution in [3.05, 3.63) is 23.8 Å². The summed E-state index contributed by atoms with van der Waals surface area (Å²) in [5, 5.41) is 3.56. The van der Waals surface area contributed by atoms with Crippen molar-refractivity contribution in [2.75, 3.05) is 40.9 Å². The lowest BCUT2D eigenvalue weighted by Crippen LogP contribution is -2.33. The second kappa shape index (κ2) is 9.64. The van der Waals surface area contributed by atoms with Crippen molar-refractivity contribution in [3.63, 3.8) is 0 Å². The van der Waals surface area contributed by atoms with Gasteiger partial charge in [-0.1, -0.05) is 26.3 Å². The monoisotopic (exact) mass is 294 g/mol. The third kappa shape index (κ3) is 5.56. The van der Waals surface area contributed by atoms with Crippen molar-refractivity contribution < 1.29 is 9.47 Å². The van der Waals surface area contributed by atoms with Gasteiger partial charge in [0.25, 0.3) is 0 Å². The molecule has 0 aliphatic rings. The van der Waals surface area contributed by atoms with Gasteiger partial charge in [-0.25, -0.2) is 0 Å². The Hall–Kier alpha value is -1.26. The maximum Gasteiger partial charge on any atom is 0.161 e. The highest BCUT2D eigenvalue weighted by Crippen LogP contribution is 2.30. The summed E-state index contributed by atoms with van der Waals surface area (Å²) in [5.74, 6) is 1.56. The van der Waals surface area contributed by atoms with Crippen LogP contribution < -0.4 is 14.8 Å². The quantitative estimate of drug-likeness (QED) is 0.719. The summed E-state index contributed by atoms with van der Waals surface area (Å²) in [6.45, 7) is 7.43. The second-order valence-electron chi connectivity index (χ2n) is 5.34. The third-order valence-electron chi connectivity index (χ3n) is 3.65. The van der Waals surface area contributed by atoms with Crippen molar-refractivity contribution in [1.82, 2.24) is 10.2 Å². The van der Waals surface area contributed by atoms with Crippen LogP contribution in [0.4, 0.5) is 0 Å². The fourth-order valence-corrected chi connectivity index (χ4v) is 2.43. The molecule has 0 aromatic heterocycles. The predicted octanol–water partition coefficient (Wildman–Crippen LogP) is 3.09. The normalized spacial score (nSPS) is 12.5. The lowest BCUT2D eigenvalue weighted by molar-refractivity contribution is 0.287. The average Bonchev–Trinajstić information content (AvgIpc) is 2.51. The van der Waals surface area contributed by atoms with Gasteiger partial charge in [0.05, 0.1) is 14.2 Å². The van der Waals surface area contributed by atoms with Gasteiger partial charge in [-0.05, 0) is 44.3 Å². The van der Waals surface area contributed by atoms with E-state index in [4.69, 9.17) is 9.47 Å². The summed E-state index contributed by atoms with van der Waals surface area (Å²) < 4.78 is 10.7. The topological polar surface area (TPSA) is 33.7 Å². The number of nitrogens with one attached hydrogen (secondary N) is 1. The lowest BCUT2D eigenvalue weighted by atomic mass is 10.1. The number of likely N-dealkylation sites (N-methyl/N-ethyl adjacent to an activating group) is 2. The smallest absolute Gasteiger partial charge is 0.161 e. The Kier molecular flexibility index (Phi) is 8.16. The van der Waals surface area contributed by atoms with E-state index in [0.717, 1.165) is 31.1 Å². The van der Waals surface area contributed by atoms with Crippen molar-refractivity contribution >= 4 is 0 Å². The molecule has 0 aliphatic heterocycles. The van der Waals surface area contributed by atoms with Gasteiger partial charge in [-0.15, -0.1) is 0 Å². The summed E-state index contributed by atoms with van der Waals surface area (Å²) >= 11 is 0. The van der Waals surface area contributed by atoms with Crippen LogP contribution in [0.2, 0.25) is 0 Å². The Morgan fingerprint density at radius 3 is 2.43 bits per heavy atom.